The van der Waals surface area contributed by atoms with Gasteiger partial charge in [0.05, 0.1) is 21.2 Å². The molecule has 2 unspecified atom stereocenters. The number of para-hydroxylation sites is 1. The molecule has 4 rings (SSSR count). The fourth-order valence-electron chi connectivity index (χ4n) is 3.64. The minimum atomic E-state index is -0.328. The number of non-ortho nitro benzene ring substituents is 1. The monoisotopic (exact) mass is 353 g/mol. The Morgan fingerprint density at radius 2 is 2.12 bits per heavy atom. The Morgan fingerprint density at radius 3 is 2.92 bits per heavy atom. The largest absolute Gasteiger partial charge is 0.287 e. The van der Waals surface area contributed by atoms with Crippen LogP contribution < -0.4 is 0 Å². The van der Waals surface area contributed by atoms with Gasteiger partial charge in [-0.3, -0.25) is 15.0 Å². The Labute approximate surface area is 150 Å². The van der Waals surface area contributed by atoms with E-state index in [1.807, 2.05) is 18.2 Å². The zero-order valence-electron chi connectivity index (χ0n) is 14.0. The summed E-state index contributed by atoms with van der Waals surface area (Å²) in [7, 11) is 0. The average Bonchev–Trinajstić information content (AvgIpc) is 3.27. The van der Waals surface area contributed by atoms with Crippen molar-refractivity contribution < 1.29 is 4.92 Å². The number of fused-ring (bicyclic) bond motifs is 1. The van der Waals surface area contributed by atoms with Gasteiger partial charge in [0.25, 0.3) is 5.69 Å². The minimum absolute atomic E-state index is 0.124. The zero-order valence-corrected chi connectivity index (χ0v) is 14.8. The van der Waals surface area contributed by atoms with Crippen molar-refractivity contribution in [2.45, 2.75) is 31.8 Å². The summed E-state index contributed by atoms with van der Waals surface area (Å²) in [5.74, 6) is 0. The van der Waals surface area contributed by atoms with E-state index in [-0.39, 0.29) is 22.7 Å². The maximum absolute atomic E-state index is 11.1. The molecule has 6 heteroatoms. The van der Waals surface area contributed by atoms with Crippen LogP contribution in [0.3, 0.4) is 0 Å². The number of likely N-dealkylation sites (tertiary alicyclic amines) is 1. The lowest BCUT2D eigenvalue weighted by atomic mass is 10.1. The van der Waals surface area contributed by atoms with Gasteiger partial charge in [-0.25, -0.2) is 4.98 Å². The molecule has 2 atom stereocenters. The molecule has 1 saturated heterocycles. The number of thiazole rings is 1. The van der Waals surface area contributed by atoms with E-state index in [1.54, 1.807) is 29.5 Å². The van der Waals surface area contributed by atoms with Crippen LogP contribution in [0.5, 0.6) is 0 Å². The number of nitro groups is 1. The van der Waals surface area contributed by atoms with Crippen LogP contribution in [0.2, 0.25) is 0 Å². The van der Waals surface area contributed by atoms with Crippen molar-refractivity contribution >= 4 is 27.2 Å². The van der Waals surface area contributed by atoms with Crippen molar-refractivity contribution in [2.24, 2.45) is 0 Å². The summed E-state index contributed by atoms with van der Waals surface area (Å²) in [5, 5.41) is 12.2. The Hall–Kier alpha value is -2.31. The summed E-state index contributed by atoms with van der Waals surface area (Å²) in [4.78, 5) is 18.0. The topological polar surface area (TPSA) is 59.3 Å². The Bertz CT molecular complexity index is 891. The third-order valence-corrected chi connectivity index (χ3v) is 6.09. The van der Waals surface area contributed by atoms with Crippen molar-refractivity contribution in [2.75, 3.05) is 6.54 Å². The van der Waals surface area contributed by atoms with Crippen LogP contribution in [0.1, 0.15) is 42.4 Å². The lowest BCUT2D eigenvalue weighted by Crippen LogP contribution is -2.26. The molecule has 0 N–H and O–H groups in total. The van der Waals surface area contributed by atoms with Gasteiger partial charge < -0.3 is 0 Å². The Morgan fingerprint density at radius 1 is 1.28 bits per heavy atom. The van der Waals surface area contributed by atoms with Crippen LogP contribution in [-0.4, -0.2) is 21.4 Å². The van der Waals surface area contributed by atoms with Crippen molar-refractivity contribution in [3.8, 4) is 0 Å². The first-order chi connectivity index (χ1) is 12.1. The van der Waals surface area contributed by atoms with Gasteiger partial charge in [-0.15, -0.1) is 11.3 Å². The SMILES string of the molecule is CC(c1cccc([N+](=O)[O-])c1)N1CCCC1c1nc2ccccc2s1. The summed E-state index contributed by atoms with van der Waals surface area (Å²) in [5.41, 5.74) is 2.19. The maximum Gasteiger partial charge on any atom is 0.269 e. The van der Waals surface area contributed by atoms with Crippen LogP contribution >= 0.6 is 11.3 Å². The van der Waals surface area contributed by atoms with Gasteiger partial charge in [-0.2, -0.15) is 0 Å². The summed E-state index contributed by atoms with van der Waals surface area (Å²) < 4.78 is 1.22. The van der Waals surface area contributed by atoms with Gasteiger partial charge in [0.2, 0.25) is 0 Å². The molecule has 0 spiro atoms. The second kappa shape index (κ2) is 6.54. The van der Waals surface area contributed by atoms with Crippen LogP contribution in [0.25, 0.3) is 10.2 Å². The third-order valence-electron chi connectivity index (χ3n) is 4.95. The van der Waals surface area contributed by atoms with Gasteiger partial charge in [-0.05, 0) is 44.0 Å². The number of aromatic nitrogens is 1. The number of hydrogen-bond donors (Lipinski definition) is 0. The molecule has 2 heterocycles. The highest BCUT2D eigenvalue weighted by molar-refractivity contribution is 7.18. The van der Waals surface area contributed by atoms with Crippen molar-refractivity contribution in [3.05, 3.63) is 69.2 Å². The quantitative estimate of drug-likeness (QED) is 0.483. The summed E-state index contributed by atoms with van der Waals surface area (Å²) in [6.07, 6.45) is 2.21. The van der Waals surface area contributed by atoms with Crippen LogP contribution in [0.15, 0.2) is 48.5 Å². The smallest absolute Gasteiger partial charge is 0.269 e. The summed E-state index contributed by atoms with van der Waals surface area (Å²) in [6.45, 7) is 3.12. The molecule has 5 nitrogen and oxygen atoms in total. The highest BCUT2D eigenvalue weighted by Gasteiger charge is 2.32. The average molecular weight is 353 g/mol. The molecule has 0 radical (unpaired) electrons. The first kappa shape index (κ1) is 16.2. The normalized spacial score (nSPS) is 19.3. The molecule has 2 aromatic carbocycles. The molecule has 1 fully saturated rings. The van der Waals surface area contributed by atoms with E-state index in [4.69, 9.17) is 4.98 Å². The summed E-state index contributed by atoms with van der Waals surface area (Å²) >= 11 is 1.76. The Balaban J connectivity index is 1.64. The molecular formula is C19H19N3O2S. The molecule has 1 aliphatic rings. The van der Waals surface area contributed by atoms with E-state index in [0.29, 0.717) is 0 Å². The molecule has 1 aromatic heterocycles. The molecule has 128 valence electrons. The van der Waals surface area contributed by atoms with Gasteiger partial charge in [0, 0.05) is 18.2 Å². The number of nitrogens with zero attached hydrogens (tertiary/aromatic N) is 3. The molecular weight excluding hydrogens is 334 g/mol. The van der Waals surface area contributed by atoms with Gasteiger partial charge in [0.15, 0.2) is 0 Å². The summed E-state index contributed by atoms with van der Waals surface area (Å²) in [6, 6.07) is 15.6. The second-order valence-corrected chi connectivity index (χ2v) is 7.51. The van der Waals surface area contributed by atoms with Gasteiger partial charge >= 0.3 is 0 Å². The minimum Gasteiger partial charge on any atom is -0.287 e. The zero-order chi connectivity index (χ0) is 17.4. The van der Waals surface area contributed by atoms with E-state index in [0.717, 1.165) is 35.5 Å². The predicted octanol–water partition coefficient (Wildman–Crippen LogP) is 5.10. The number of nitro benzene ring substituents is 1. The van der Waals surface area contributed by atoms with Crippen molar-refractivity contribution in [3.63, 3.8) is 0 Å². The molecule has 1 aliphatic heterocycles. The van der Waals surface area contributed by atoms with E-state index in [1.165, 1.54) is 4.70 Å². The highest BCUT2D eigenvalue weighted by Crippen LogP contribution is 2.41. The molecule has 0 aliphatic carbocycles. The standard InChI is InChI=1S/C19H19N3O2S/c1-13(14-6-4-7-15(12-14)22(23)24)21-11-5-9-17(21)19-20-16-8-2-3-10-18(16)25-19/h2-4,6-8,10,12-13,17H,5,9,11H2,1H3. The third kappa shape index (κ3) is 3.03. The van der Waals surface area contributed by atoms with E-state index >= 15 is 0 Å². The molecule has 0 saturated carbocycles. The van der Waals surface area contributed by atoms with Gasteiger partial charge in [0.1, 0.15) is 5.01 Å². The second-order valence-electron chi connectivity index (χ2n) is 6.44. The van der Waals surface area contributed by atoms with Crippen LogP contribution in [0.4, 0.5) is 5.69 Å². The number of rotatable bonds is 4. The first-order valence-corrected chi connectivity index (χ1v) is 9.31. The van der Waals surface area contributed by atoms with Crippen LogP contribution in [0, 0.1) is 10.1 Å². The number of hydrogen-bond acceptors (Lipinski definition) is 5. The first-order valence-electron chi connectivity index (χ1n) is 8.49. The van der Waals surface area contributed by atoms with E-state index in [9.17, 15) is 10.1 Å². The molecule has 25 heavy (non-hydrogen) atoms. The number of benzene rings is 2. The van der Waals surface area contributed by atoms with Crippen molar-refractivity contribution in [1.29, 1.82) is 0 Å². The Kier molecular flexibility index (Phi) is 4.23. The fourth-order valence-corrected chi connectivity index (χ4v) is 4.76. The molecule has 0 bridgehead atoms. The van der Waals surface area contributed by atoms with E-state index < -0.39 is 0 Å². The lowest BCUT2D eigenvalue weighted by molar-refractivity contribution is -0.385. The van der Waals surface area contributed by atoms with Crippen molar-refractivity contribution in [1.82, 2.24) is 9.88 Å². The van der Waals surface area contributed by atoms with Gasteiger partial charge in [-0.1, -0.05) is 24.3 Å². The van der Waals surface area contributed by atoms with E-state index in [2.05, 4.69) is 24.0 Å². The van der Waals surface area contributed by atoms with Crippen LogP contribution in [-0.2, 0) is 0 Å². The molecule has 0 amide bonds. The highest BCUT2D eigenvalue weighted by atomic mass is 32.1. The fraction of sp³-hybridized carbons (Fsp3) is 0.316. The predicted molar refractivity (Wildman–Crippen MR) is 99.8 cm³/mol. The molecule has 3 aromatic rings. The lowest BCUT2D eigenvalue weighted by Gasteiger charge is -2.29. The maximum atomic E-state index is 11.1.